The average Bonchev–Trinajstić information content (AvgIpc) is 2.74. The monoisotopic (exact) mass is 454 g/mol. The molecule has 0 fully saturated rings. The molecule has 2 N–H and O–H groups in total. The van der Waals surface area contributed by atoms with Crippen molar-refractivity contribution in [1.29, 1.82) is 0 Å². The standard InChI is InChI=1S/C20H26N2O6S2/c1-3-27-19(25)15-11-29-8-9-30-12-16(20(26)28-4-2)22-18(24)14-7-5-6-13(10-14)17(23)21-15/h5-7,10,15-16H,3-4,8-9,11-12H2,1-2H3,(H,21,23)(H,22,24)/t15-,16-/m0/s1. The fourth-order valence-electron chi connectivity index (χ4n) is 2.63. The molecule has 164 valence electrons. The minimum Gasteiger partial charge on any atom is -0.464 e. The minimum atomic E-state index is -0.789. The highest BCUT2D eigenvalue weighted by molar-refractivity contribution is 8.03. The van der Waals surface area contributed by atoms with E-state index < -0.39 is 35.8 Å². The molecule has 1 aromatic carbocycles. The number of nitrogens with one attached hydrogen (secondary N) is 2. The van der Waals surface area contributed by atoms with Crippen molar-refractivity contribution in [3.8, 4) is 0 Å². The highest BCUT2D eigenvalue weighted by Gasteiger charge is 2.25. The quantitative estimate of drug-likeness (QED) is 0.659. The Morgan fingerprint density at radius 2 is 1.33 bits per heavy atom. The van der Waals surface area contributed by atoms with E-state index in [1.54, 1.807) is 32.0 Å². The van der Waals surface area contributed by atoms with Crippen LogP contribution >= 0.6 is 23.5 Å². The van der Waals surface area contributed by atoms with Gasteiger partial charge >= 0.3 is 11.9 Å². The number of ether oxygens (including phenoxy) is 2. The predicted molar refractivity (Wildman–Crippen MR) is 117 cm³/mol. The van der Waals surface area contributed by atoms with Crippen LogP contribution in [0.25, 0.3) is 0 Å². The molecule has 2 amide bonds. The van der Waals surface area contributed by atoms with Crippen molar-refractivity contribution >= 4 is 47.3 Å². The summed E-state index contributed by atoms with van der Waals surface area (Å²) in [6.45, 7) is 3.85. The largest absolute Gasteiger partial charge is 0.464 e. The van der Waals surface area contributed by atoms with E-state index in [1.165, 1.54) is 29.6 Å². The maximum Gasteiger partial charge on any atom is 0.329 e. The van der Waals surface area contributed by atoms with Gasteiger partial charge in [-0.05, 0) is 32.0 Å². The van der Waals surface area contributed by atoms with Gasteiger partial charge in [-0.25, -0.2) is 9.59 Å². The van der Waals surface area contributed by atoms with Crippen molar-refractivity contribution in [2.24, 2.45) is 0 Å². The van der Waals surface area contributed by atoms with E-state index in [0.717, 1.165) is 0 Å². The number of benzene rings is 1. The second-order valence-electron chi connectivity index (χ2n) is 6.29. The summed E-state index contributed by atoms with van der Waals surface area (Å²) < 4.78 is 10.1. The molecule has 2 bridgehead atoms. The minimum absolute atomic E-state index is 0.219. The third-order valence-electron chi connectivity index (χ3n) is 4.08. The molecule has 0 aromatic heterocycles. The van der Waals surface area contributed by atoms with E-state index in [1.807, 2.05) is 0 Å². The summed E-state index contributed by atoms with van der Waals surface area (Å²) in [5.74, 6) is 0.190. The topological polar surface area (TPSA) is 111 Å². The predicted octanol–water partition coefficient (Wildman–Crippen LogP) is 1.49. The fourth-order valence-corrected chi connectivity index (χ4v) is 4.81. The first kappa shape index (κ1) is 24.1. The van der Waals surface area contributed by atoms with Crippen molar-refractivity contribution < 1.29 is 28.7 Å². The van der Waals surface area contributed by atoms with Crippen LogP contribution in [0.3, 0.4) is 0 Å². The SMILES string of the molecule is CCOC(=O)[C@@H]1CSCCSC[C@@H](C(=O)OCC)NC(=O)c2cccc(c2)C(=O)N1. The molecule has 8 nitrogen and oxygen atoms in total. The molecule has 2 atom stereocenters. The van der Waals surface area contributed by atoms with Crippen molar-refractivity contribution in [2.75, 3.05) is 36.2 Å². The molecule has 1 aromatic rings. The lowest BCUT2D eigenvalue weighted by Crippen LogP contribution is -2.44. The summed E-state index contributed by atoms with van der Waals surface area (Å²) in [6.07, 6.45) is 0. The number of carbonyl (C=O) groups excluding carboxylic acids is 4. The van der Waals surface area contributed by atoms with Gasteiger partial charge in [0, 0.05) is 34.1 Å². The van der Waals surface area contributed by atoms with E-state index in [-0.39, 0.29) is 24.3 Å². The molecule has 1 aliphatic rings. The number of rotatable bonds is 4. The van der Waals surface area contributed by atoms with Gasteiger partial charge < -0.3 is 20.1 Å². The number of hydrogen-bond acceptors (Lipinski definition) is 8. The second kappa shape index (κ2) is 12.5. The Labute approximate surface area is 184 Å². The maximum absolute atomic E-state index is 12.7. The summed E-state index contributed by atoms with van der Waals surface area (Å²) in [5, 5.41) is 5.38. The van der Waals surface area contributed by atoms with E-state index in [2.05, 4.69) is 10.6 Å². The van der Waals surface area contributed by atoms with Gasteiger partial charge in [-0.2, -0.15) is 23.5 Å². The van der Waals surface area contributed by atoms with Gasteiger partial charge in [0.1, 0.15) is 12.1 Å². The molecule has 0 spiro atoms. The highest BCUT2D eigenvalue weighted by atomic mass is 32.2. The van der Waals surface area contributed by atoms with Crippen LogP contribution in [0, 0.1) is 0 Å². The van der Waals surface area contributed by atoms with E-state index in [0.29, 0.717) is 23.0 Å². The van der Waals surface area contributed by atoms with Gasteiger partial charge in [0.2, 0.25) is 0 Å². The fraction of sp³-hybridized carbons (Fsp3) is 0.500. The first-order valence-corrected chi connectivity index (χ1v) is 12.0. The first-order chi connectivity index (χ1) is 14.5. The van der Waals surface area contributed by atoms with Gasteiger partial charge in [-0.1, -0.05) is 6.07 Å². The van der Waals surface area contributed by atoms with Gasteiger partial charge in [-0.3, -0.25) is 9.59 Å². The molecule has 0 aliphatic carbocycles. The molecule has 30 heavy (non-hydrogen) atoms. The van der Waals surface area contributed by atoms with Crippen LogP contribution in [-0.4, -0.2) is 72.1 Å². The lowest BCUT2D eigenvalue weighted by atomic mass is 10.1. The highest BCUT2D eigenvalue weighted by Crippen LogP contribution is 2.14. The number of thioether (sulfide) groups is 2. The summed E-state index contributed by atoms with van der Waals surface area (Å²) >= 11 is 3.01. The molecule has 1 aliphatic heterocycles. The third kappa shape index (κ3) is 7.24. The molecule has 10 heteroatoms. The van der Waals surface area contributed by atoms with Crippen LogP contribution < -0.4 is 10.6 Å². The number of fused-ring (bicyclic) bond motifs is 2. The Kier molecular flexibility index (Phi) is 10.0. The normalized spacial score (nSPS) is 20.7. The van der Waals surface area contributed by atoms with Gasteiger partial charge in [0.25, 0.3) is 11.8 Å². The summed E-state index contributed by atoms with van der Waals surface area (Å²) in [4.78, 5) is 49.8. The van der Waals surface area contributed by atoms with Crippen LogP contribution in [0.15, 0.2) is 24.3 Å². The zero-order chi connectivity index (χ0) is 21.9. The Morgan fingerprint density at radius 1 is 0.900 bits per heavy atom. The van der Waals surface area contributed by atoms with Crippen LogP contribution in [0.4, 0.5) is 0 Å². The molecule has 0 saturated heterocycles. The van der Waals surface area contributed by atoms with Crippen LogP contribution in [0.5, 0.6) is 0 Å². The second-order valence-corrected chi connectivity index (χ2v) is 8.59. The summed E-state index contributed by atoms with van der Waals surface area (Å²) in [6, 6.07) is 4.53. The Hall–Kier alpha value is -2.20. The molecule has 0 saturated carbocycles. The van der Waals surface area contributed by atoms with Crippen LogP contribution in [-0.2, 0) is 19.1 Å². The molecule has 0 radical (unpaired) electrons. The van der Waals surface area contributed by atoms with Gasteiger partial charge in [-0.15, -0.1) is 0 Å². The number of esters is 2. The summed E-state index contributed by atoms with van der Waals surface area (Å²) in [7, 11) is 0. The number of hydrogen-bond donors (Lipinski definition) is 2. The Balaban J connectivity index is 2.25. The van der Waals surface area contributed by atoms with E-state index in [9.17, 15) is 19.2 Å². The van der Waals surface area contributed by atoms with Crippen molar-refractivity contribution in [2.45, 2.75) is 25.9 Å². The summed E-state index contributed by atoms with van der Waals surface area (Å²) in [5.41, 5.74) is 0.470. The lowest BCUT2D eigenvalue weighted by molar-refractivity contribution is -0.145. The maximum atomic E-state index is 12.7. The molecule has 1 heterocycles. The average molecular weight is 455 g/mol. The number of amides is 2. The lowest BCUT2D eigenvalue weighted by Gasteiger charge is -2.17. The van der Waals surface area contributed by atoms with Crippen LogP contribution in [0.1, 0.15) is 34.6 Å². The van der Waals surface area contributed by atoms with Gasteiger partial charge in [0.05, 0.1) is 13.2 Å². The van der Waals surface area contributed by atoms with Crippen LogP contribution in [0.2, 0.25) is 0 Å². The smallest absolute Gasteiger partial charge is 0.329 e. The molecular formula is C20H26N2O6S2. The van der Waals surface area contributed by atoms with Crippen molar-refractivity contribution in [3.05, 3.63) is 35.4 Å². The first-order valence-electron chi connectivity index (χ1n) is 9.66. The van der Waals surface area contributed by atoms with E-state index in [4.69, 9.17) is 9.47 Å². The van der Waals surface area contributed by atoms with Crippen molar-refractivity contribution in [1.82, 2.24) is 10.6 Å². The van der Waals surface area contributed by atoms with Crippen molar-refractivity contribution in [3.63, 3.8) is 0 Å². The van der Waals surface area contributed by atoms with E-state index >= 15 is 0 Å². The molecule has 0 unspecified atom stereocenters. The van der Waals surface area contributed by atoms with Gasteiger partial charge in [0.15, 0.2) is 0 Å². The zero-order valence-corrected chi connectivity index (χ0v) is 18.6. The number of carbonyl (C=O) groups is 4. The molecule has 2 rings (SSSR count). The molecular weight excluding hydrogens is 428 g/mol. The zero-order valence-electron chi connectivity index (χ0n) is 17.0. The third-order valence-corrected chi connectivity index (χ3v) is 6.46. The Bertz CT molecular complexity index is 714. The Morgan fingerprint density at radius 3 is 1.73 bits per heavy atom.